The van der Waals surface area contributed by atoms with Crippen molar-refractivity contribution in [1.82, 2.24) is 0 Å². The highest BCUT2D eigenvalue weighted by molar-refractivity contribution is 6.34. The minimum Gasteiger partial charge on any atom is -0.370 e. The number of guanidine groups is 1. The molecule has 0 atom stereocenters. The average Bonchev–Trinajstić information content (AvgIpc) is 2.14. The number of anilines is 1. The van der Waals surface area contributed by atoms with Crippen LogP contribution in [0.3, 0.4) is 0 Å². The van der Waals surface area contributed by atoms with E-state index in [1.165, 1.54) is 4.90 Å². The Balaban J connectivity index is 3.17. The van der Waals surface area contributed by atoms with Crippen LogP contribution in [-0.2, 0) is 0 Å². The Kier molecular flexibility index (Phi) is 3.96. The molecule has 6 heteroatoms. The number of carbonyl (C=O) groups excluding carboxylic acids is 1. The Morgan fingerprint density at radius 1 is 1.35 bits per heavy atom. The van der Waals surface area contributed by atoms with Gasteiger partial charge in [-0.05, 0) is 31.0 Å². The van der Waals surface area contributed by atoms with Crippen molar-refractivity contribution in [2.45, 2.75) is 13.8 Å². The number of nitrogens with zero attached hydrogens (tertiary/aromatic N) is 2. The van der Waals surface area contributed by atoms with Gasteiger partial charge < -0.3 is 11.5 Å². The Hall–Kier alpha value is -1.75. The number of aryl methyl sites for hydroxylation is 2. The van der Waals surface area contributed by atoms with Crippen LogP contribution in [0.25, 0.3) is 0 Å². The van der Waals surface area contributed by atoms with E-state index >= 15 is 0 Å². The molecule has 0 radical (unpaired) electrons. The van der Waals surface area contributed by atoms with Crippen LogP contribution in [0.2, 0.25) is 5.02 Å². The Labute approximate surface area is 105 Å². The zero-order valence-corrected chi connectivity index (χ0v) is 10.7. The maximum atomic E-state index is 11.7. The van der Waals surface area contributed by atoms with E-state index < -0.39 is 6.03 Å². The standard InChI is InChI=1S/C11H15ClN4O/c1-6-4-7(2)9(8(12)5-6)16(3)11(17)15-10(13)14/h4-5H,1-3H3,(H4,13,14,15,17). The van der Waals surface area contributed by atoms with Crippen LogP contribution in [-0.4, -0.2) is 19.0 Å². The number of carbonyl (C=O) groups is 1. The molecule has 0 fully saturated rings. The van der Waals surface area contributed by atoms with Crippen molar-refractivity contribution in [2.75, 3.05) is 11.9 Å². The fraction of sp³-hybridized carbons (Fsp3) is 0.273. The summed E-state index contributed by atoms with van der Waals surface area (Å²) in [6.07, 6.45) is 0. The molecular formula is C11H15ClN4O. The molecule has 1 rings (SSSR count). The Bertz CT molecular complexity index is 457. The third kappa shape index (κ3) is 3.10. The van der Waals surface area contributed by atoms with Gasteiger partial charge in [-0.15, -0.1) is 0 Å². The normalized spacial score (nSPS) is 9.88. The molecule has 0 bridgehead atoms. The first-order chi connectivity index (χ1) is 7.82. The molecule has 0 heterocycles. The van der Waals surface area contributed by atoms with Gasteiger partial charge in [-0.1, -0.05) is 17.7 Å². The highest BCUT2D eigenvalue weighted by Crippen LogP contribution is 2.30. The molecule has 0 aliphatic rings. The van der Waals surface area contributed by atoms with E-state index in [1.54, 1.807) is 13.1 Å². The second kappa shape index (κ2) is 5.05. The molecular weight excluding hydrogens is 240 g/mol. The number of benzene rings is 1. The van der Waals surface area contributed by atoms with Gasteiger partial charge in [-0.3, -0.25) is 4.90 Å². The lowest BCUT2D eigenvalue weighted by Crippen LogP contribution is -2.30. The topological polar surface area (TPSA) is 84.7 Å². The van der Waals surface area contributed by atoms with Crippen molar-refractivity contribution in [3.8, 4) is 0 Å². The van der Waals surface area contributed by atoms with E-state index in [0.29, 0.717) is 10.7 Å². The van der Waals surface area contributed by atoms with Crippen molar-refractivity contribution in [2.24, 2.45) is 16.5 Å². The van der Waals surface area contributed by atoms with Gasteiger partial charge >= 0.3 is 6.03 Å². The number of urea groups is 1. The number of halogens is 1. The van der Waals surface area contributed by atoms with Gasteiger partial charge in [0.15, 0.2) is 5.96 Å². The minimum absolute atomic E-state index is 0.275. The van der Waals surface area contributed by atoms with Crippen LogP contribution in [0.5, 0.6) is 0 Å². The molecule has 4 N–H and O–H groups in total. The van der Waals surface area contributed by atoms with Crippen molar-refractivity contribution in [3.05, 3.63) is 28.3 Å². The molecule has 1 aromatic rings. The summed E-state index contributed by atoms with van der Waals surface area (Å²) in [6, 6.07) is 3.16. The minimum atomic E-state index is -0.557. The maximum absolute atomic E-state index is 11.7. The van der Waals surface area contributed by atoms with Crippen molar-refractivity contribution < 1.29 is 4.79 Å². The van der Waals surface area contributed by atoms with Gasteiger partial charge in [0.25, 0.3) is 0 Å². The second-order valence-electron chi connectivity index (χ2n) is 3.79. The third-order valence-corrected chi connectivity index (χ3v) is 2.53. The van der Waals surface area contributed by atoms with E-state index in [0.717, 1.165) is 11.1 Å². The maximum Gasteiger partial charge on any atom is 0.351 e. The lowest BCUT2D eigenvalue weighted by atomic mass is 10.1. The highest BCUT2D eigenvalue weighted by atomic mass is 35.5. The average molecular weight is 255 g/mol. The van der Waals surface area contributed by atoms with Gasteiger partial charge in [0.05, 0.1) is 10.7 Å². The van der Waals surface area contributed by atoms with Crippen LogP contribution < -0.4 is 16.4 Å². The summed E-state index contributed by atoms with van der Waals surface area (Å²) in [6.45, 7) is 3.80. The van der Waals surface area contributed by atoms with E-state index in [-0.39, 0.29) is 5.96 Å². The smallest absolute Gasteiger partial charge is 0.351 e. The fourth-order valence-corrected chi connectivity index (χ4v) is 2.06. The monoisotopic (exact) mass is 254 g/mol. The first-order valence-electron chi connectivity index (χ1n) is 4.97. The number of hydrogen-bond donors (Lipinski definition) is 2. The molecule has 0 aliphatic carbocycles. The molecule has 0 aromatic heterocycles. The molecule has 0 unspecified atom stereocenters. The Morgan fingerprint density at radius 2 is 1.94 bits per heavy atom. The summed E-state index contributed by atoms with van der Waals surface area (Å²) in [7, 11) is 1.57. The van der Waals surface area contributed by atoms with Crippen LogP contribution in [0.1, 0.15) is 11.1 Å². The number of nitrogens with two attached hydrogens (primary N) is 2. The molecule has 0 spiro atoms. The molecule has 2 amide bonds. The van der Waals surface area contributed by atoms with Crippen LogP contribution in [0.4, 0.5) is 10.5 Å². The van der Waals surface area contributed by atoms with Crippen LogP contribution in [0.15, 0.2) is 17.1 Å². The van der Waals surface area contributed by atoms with Gasteiger partial charge in [0.2, 0.25) is 0 Å². The van der Waals surface area contributed by atoms with E-state index in [2.05, 4.69) is 4.99 Å². The number of rotatable bonds is 1. The van der Waals surface area contributed by atoms with Gasteiger partial charge in [-0.25, -0.2) is 4.79 Å². The lowest BCUT2D eigenvalue weighted by Gasteiger charge is -2.19. The van der Waals surface area contributed by atoms with Crippen molar-refractivity contribution in [3.63, 3.8) is 0 Å². The highest BCUT2D eigenvalue weighted by Gasteiger charge is 2.16. The van der Waals surface area contributed by atoms with Gasteiger partial charge in [-0.2, -0.15) is 4.99 Å². The molecule has 0 saturated carbocycles. The van der Waals surface area contributed by atoms with Crippen molar-refractivity contribution >= 4 is 29.3 Å². The van der Waals surface area contributed by atoms with Gasteiger partial charge in [0, 0.05) is 7.05 Å². The number of aliphatic imine (C=N–C) groups is 1. The molecule has 92 valence electrons. The van der Waals surface area contributed by atoms with Crippen molar-refractivity contribution in [1.29, 1.82) is 0 Å². The van der Waals surface area contributed by atoms with Crippen LogP contribution in [0, 0.1) is 13.8 Å². The Morgan fingerprint density at radius 3 is 2.41 bits per heavy atom. The first-order valence-corrected chi connectivity index (χ1v) is 5.34. The van der Waals surface area contributed by atoms with E-state index in [9.17, 15) is 4.79 Å². The molecule has 1 aromatic carbocycles. The van der Waals surface area contributed by atoms with E-state index in [1.807, 2.05) is 19.9 Å². The first kappa shape index (κ1) is 13.3. The molecule has 0 saturated heterocycles. The largest absolute Gasteiger partial charge is 0.370 e. The second-order valence-corrected chi connectivity index (χ2v) is 4.20. The summed E-state index contributed by atoms with van der Waals surface area (Å²) in [5.41, 5.74) is 12.8. The lowest BCUT2D eigenvalue weighted by molar-refractivity contribution is 0.255. The summed E-state index contributed by atoms with van der Waals surface area (Å²) in [5, 5.41) is 0.490. The summed E-state index contributed by atoms with van der Waals surface area (Å²) >= 11 is 6.11. The summed E-state index contributed by atoms with van der Waals surface area (Å²) in [4.78, 5) is 16.4. The zero-order valence-electron chi connectivity index (χ0n) is 9.99. The SMILES string of the molecule is Cc1cc(C)c(N(C)C(=O)N=C(N)N)c(Cl)c1. The van der Waals surface area contributed by atoms with E-state index in [4.69, 9.17) is 23.1 Å². The summed E-state index contributed by atoms with van der Waals surface area (Å²) < 4.78 is 0. The predicted molar refractivity (Wildman–Crippen MR) is 70.5 cm³/mol. The fourth-order valence-electron chi connectivity index (χ4n) is 1.61. The molecule has 5 nitrogen and oxygen atoms in total. The molecule has 0 aliphatic heterocycles. The van der Waals surface area contributed by atoms with Crippen LogP contribution >= 0.6 is 11.6 Å². The zero-order chi connectivity index (χ0) is 13.2. The third-order valence-electron chi connectivity index (χ3n) is 2.25. The van der Waals surface area contributed by atoms with Gasteiger partial charge in [0.1, 0.15) is 0 Å². The quantitative estimate of drug-likeness (QED) is 0.592. The number of amides is 2. The predicted octanol–water partition coefficient (Wildman–Crippen LogP) is 1.79. The molecule has 17 heavy (non-hydrogen) atoms. The number of hydrogen-bond acceptors (Lipinski definition) is 1. The summed E-state index contributed by atoms with van der Waals surface area (Å²) in [5.74, 6) is -0.275.